The minimum atomic E-state index is -0.163. The van der Waals surface area contributed by atoms with E-state index >= 15 is 0 Å². The van der Waals surface area contributed by atoms with Crippen molar-refractivity contribution in [3.8, 4) is 0 Å². The molecule has 2 aromatic rings. The zero-order valence-corrected chi connectivity index (χ0v) is 11.8. The zero-order valence-electron chi connectivity index (χ0n) is 10.2. The van der Waals surface area contributed by atoms with E-state index in [9.17, 15) is 4.79 Å². The van der Waals surface area contributed by atoms with Crippen LogP contribution in [0.2, 0.25) is 0 Å². The highest BCUT2D eigenvalue weighted by atomic mass is 79.9. The van der Waals surface area contributed by atoms with E-state index in [1.807, 2.05) is 18.2 Å². The van der Waals surface area contributed by atoms with Crippen LogP contribution in [0.15, 0.2) is 34.8 Å². The maximum absolute atomic E-state index is 11.9. The summed E-state index contributed by atoms with van der Waals surface area (Å²) in [5.74, 6) is 0.742. The first-order valence-electron chi connectivity index (χ1n) is 5.68. The predicted octanol–water partition coefficient (Wildman–Crippen LogP) is 3.55. The van der Waals surface area contributed by atoms with Crippen LogP contribution in [0.4, 0.5) is 5.82 Å². The molecule has 0 aliphatic carbocycles. The molecule has 0 fully saturated rings. The Morgan fingerprint density at radius 2 is 2.00 bits per heavy atom. The fourth-order valence-electron chi connectivity index (χ4n) is 1.49. The van der Waals surface area contributed by atoms with Crippen molar-refractivity contribution in [2.24, 2.45) is 0 Å². The van der Waals surface area contributed by atoms with E-state index in [1.54, 1.807) is 12.1 Å². The lowest BCUT2D eigenvalue weighted by Gasteiger charge is -2.01. The van der Waals surface area contributed by atoms with Crippen LogP contribution >= 0.6 is 15.9 Å². The lowest BCUT2D eigenvalue weighted by Crippen LogP contribution is -2.11. The topological polar surface area (TPSA) is 57.8 Å². The summed E-state index contributed by atoms with van der Waals surface area (Å²) >= 11 is 3.33. The molecule has 1 heterocycles. The Morgan fingerprint density at radius 1 is 1.33 bits per heavy atom. The molecular formula is C13H14BrN3O. The van der Waals surface area contributed by atoms with Crippen molar-refractivity contribution < 1.29 is 4.79 Å². The Kier molecular flexibility index (Phi) is 3.81. The Labute approximate surface area is 114 Å². The average molecular weight is 308 g/mol. The summed E-state index contributed by atoms with van der Waals surface area (Å²) in [4.78, 5) is 11.9. The van der Waals surface area contributed by atoms with E-state index in [1.165, 1.54) is 0 Å². The molecule has 0 aliphatic heterocycles. The molecule has 0 radical (unpaired) electrons. The minimum absolute atomic E-state index is 0.163. The maximum atomic E-state index is 11.9. The van der Waals surface area contributed by atoms with Gasteiger partial charge in [-0.15, -0.1) is 0 Å². The van der Waals surface area contributed by atoms with Crippen LogP contribution in [-0.4, -0.2) is 16.1 Å². The van der Waals surface area contributed by atoms with Gasteiger partial charge < -0.3 is 5.32 Å². The fraction of sp³-hybridized carbons (Fsp3) is 0.231. The van der Waals surface area contributed by atoms with Crippen molar-refractivity contribution in [1.29, 1.82) is 0 Å². The molecule has 18 heavy (non-hydrogen) atoms. The average Bonchev–Trinajstić information content (AvgIpc) is 2.78. The first kappa shape index (κ1) is 12.8. The number of halogens is 1. The first-order valence-corrected chi connectivity index (χ1v) is 6.48. The van der Waals surface area contributed by atoms with Crippen molar-refractivity contribution in [2.45, 2.75) is 19.8 Å². The van der Waals surface area contributed by atoms with Crippen molar-refractivity contribution >= 4 is 27.7 Å². The molecule has 2 rings (SSSR count). The number of aromatic amines is 1. The summed E-state index contributed by atoms with van der Waals surface area (Å²) in [5.41, 5.74) is 1.61. The number of rotatable bonds is 3. The van der Waals surface area contributed by atoms with Crippen LogP contribution in [0.25, 0.3) is 0 Å². The highest BCUT2D eigenvalue weighted by molar-refractivity contribution is 9.10. The van der Waals surface area contributed by atoms with Crippen LogP contribution in [-0.2, 0) is 0 Å². The lowest BCUT2D eigenvalue weighted by molar-refractivity contribution is 0.102. The molecule has 0 spiro atoms. The largest absolute Gasteiger partial charge is 0.305 e. The van der Waals surface area contributed by atoms with Gasteiger partial charge in [-0.25, -0.2) is 0 Å². The Morgan fingerprint density at radius 3 is 2.56 bits per heavy atom. The van der Waals surface area contributed by atoms with E-state index in [-0.39, 0.29) is 5.91 Å². The monoisotopic (exact) mass is 307 g/mol. The zero-order chi connectivity index (χ0) is 13.1. The van der Waals surface area contributed by atoms with Gasteiger partial charge in [-0.2, -0.15) is 5.10 Å². The first-order chi connectivity index (χ1) is 8.56. The number of nitrogens with zero attached hydrogens (tertiary/aromatic N) is 1. The van der Waals surface area contributed by atoms with E-state index in [0.29, 0.717) is 17.3 Å². The highest BCUT2D eigenvalue weighted by Crippen LogP contribution is 2.16. The second kappa shape index (κ2) is 5.35. The van der Waals surface area contributed by atoms with E-state index < -0.39 is 0 Å². The summed E-state index contributed by atoms with van der Waals surface area (Å²) < 4.78 is 0.945. The van der Waals surface area contributed by atoms with Crippen LogP contribution < -0.4 is 5.32 Å². The third-order valence-corrected chi connectivity index (χ3v) is 3.10. The quantitative estimate of drug-likeness (QED) is 0.911. The Hall–Kier alpha value is -1.62. The summed E-state index contributed by atoms with van der Waals surface area (Å²) in [7, 11) is 0. The number of H-pyrrole nitrogens is 1. The van der Waals surface area contributed by atoms with Gasteiger partial charge in [0.1, 0.15) is 0 Å². The number of benzene rings is 1. The molecule has 1 amide bonds. The predicted molar refractivity (Wildman–Crippen MR) is 74.8 cm³/mol. The second-order valence-corrected chi connectivity index (χ2v) is 5.24. The maximum Gasteiger partial charge on any atom is 0.256 e. The molecular weight excluding hydrogens is 294 g/mol. The number of hydrogen-bond acceptors (Lipinski definition) is 2. The number of carbonyl (C=O) groups excluding carboxylic acids is 1. The molecule has 4 nitrogen and oxygen atoms in total. The van der Waals surface area contributed by atoms with Gasteiger partial charge in [-0.1, -0.05) is 29.8 Å². The van der Waals surface area contributed by atoms with Crippen molar-refractivity contribution in [2.75, 3.05) is 5.32 Å². The van der Waals surface area contributed by atoms with Gasteiger partial charge in [0.2, 0.25) is 0 Å². The number of nitrogens with one attached hydrogen (secondary N) is 2. The smallest absolute Gasteiger partial charge is 0.256 e. The van der Waals surface area contributed by atoms with E-state index in [4.69, 9.17) is 0 Å². The Bertz CT molecular complexity index is 546. The van der Waals surface area contributed by atoms with E-state index in [2.05, 4.69) is 45.3 Å². The molecule has 0 aliphatic rings. The Balaban J connectivity index is 2.08. The summed E-state index contributed by atoms with van der Waals surface area (Å²) in [6.45, 7) is 4.13. The summed E-state index contributed by atoms with van der Waals surface area (Å²) in [5, 5.41) is 9.71. The summed E-state index contributed by atoms with van der Waals surface area (Å²) in [6.07, 6.45) is 0. The number of anilines is 1. The third kappa shape index (κ3) is 2.98. The minimum Gasteiger partial charge on any atom is -0.305 e. The molecule has 2 N–H and O–H groups in total. The standard InChI is InChI=1S/C13H14BrN3O/c1-8(2)11-7-12(17-16-11)15-13(18)9-3-5-10(14)6-4-9/h3-8H,1-2H3,(H2,15,16,17,18). The molecule has 1 aromatic carbocycles. The molecule has 1 aromatic heterocycles. The number of hydrogen-bond donors (Lipinski definition) is 2. The van der Waals surface area contributed by atoms with Crippen LogP contribution in [0, 0.1) is 0 Å². The number of aromatic nitrogens is 2. The number of amides is 1. The molecule has 0 unspecified atom stereocenters. The van der Waals surface area contributed by atoms with Crippen molar-refractivity contribution in [1.82, 2.24) is 10.2 Å². The van der Waals surface area contributed by atoms with Crippen LogP contribution in [0.5, 0.6) is 0 Å². The molecule has 0 bridgehead atoms. The van der Waals surface area contributed by atoms with Gasteiger partial charge in [0.15, 0.2) is 5.82 Å². The van der Waals surface area contributed by atoms with Gasteiger partial charge in [0.05, 0.1) is 0 Å². The van der Waals surface area contributed by atoms with Crippen LogP contribution in [0.1, 0.15) is 35.8 Å². The molecule has 0 saturated heterocycles. The second-order valence-electron chi connectivity index (χ2n) is 4.32. The molecule has 0 atom stereocenters. The molecule has 0 saturated carbocycles. The van der Waals surface area contributed by atoms with Crippen molar-refractivity contribution in [3.05, 3.63) is 46.1 Å². The third-order valence-electron chi connectivity index (χ3n) is 2.57. The SMILES string of the molecule is CC(C)c1cc(NC(=O)c2ccc(Br)cc2)n[nH]1. The molecule has 94 valence electrons. The van der Waals surface area contributed by atoms with Crippen molar-refractivity contribution in [3.63, 3.8) is 0 Å². The van der Waals surface area contributed by atoms with Gasteiger partial charge in [-0.05, 0) is 30.2 Å². The van der Waals surface area contributed by atoms with Crippen LogP contribution in [0.3, 0.4) is 0 Å². The lowest BCUT2D eigenvalue weighted by atomic mass is 10.1. The summed E-state index contributed by atoms with van der Waals surface area (Å²) in [6, 6.07) is 9.03. The molecule has 5 heteroatoms. The fourth-order valence-corrected chi connectivity index (χ4v) is 1.75. The van der Waals surface area contributed by atoms with E-state index in [0.717, 1.165) is 10.2 Å². The normalized spacial score (nSPS) is 10.7. The van der Waals surface area contributed by atoms with Gasteiger partial charge in [0, 0.05) is 21.8 Å². The number of carbonyl (C=O) groups is 1. The van der Waals surface area contributed by atoms with Gasteiger partial charge in [-0.3, -0.25) is 9.89 Å². The highest BCUT2D eigenvalue weighted by Gasteiger charge is 2.09. The van der Waals surface area contributed by atoms with Gasteiger partial charge in [0.25, 0.3) is 5.91 Å². The van der Waals surface area contributed by atoms with Gasteiger partial charge >= 0.3 is 0 Å².